The van der Waals surface area contributed by atoms with Crippen molar-refractivity contribution >= 4 is 34.1 Å². The lowest BCUT2D eigenvalue weighted by Crippen LogP contribution is -1.95. The molecule has 1 heterocycles. The van der Waals surface area contributed by atoms with E-state index in [0.29, 0.717) is 11.8 Å². The molecule has 18 heavy (non-hydrogen) atoms. The lowest BCUT2D eigenvalue weighted by molar-refractivity contribution is 0.333. The van der Waals surface area contributed by atoms with E-state index in [-0.39, 0.29) is 0 Å². The highest BCUT2D eigenvalue weighted by Gasteiger charge is 2.11. The van der Waals surface area contributed by atoms with E-state index in [0.717, 1.165) is 28.7 Å². The molecule has 0 amide bonds. The monoisotopic (exact) mass is 281 g/mol. The SMILES string of the molecule is CCCSc1c(OCC)ccc2c(Cl)nccc12. The number of nitrogens with zero attached hydrogens (tertiary/aromatic N) is 1. The Labute approximate surface area is 117 Å². The Morgan fingerprint density at radius 2 is 2.06 bits per heavy atom. The number of fused-ring (bicyclic) bond motifs is 1. The Balaban J connectivity index is 2.57. The van der Waals surface area contributed by atoms with Gasteiger partial charge in [-0.25, -0.2) is 4.98 Å². The Kier molecular flexibility index (Phi) is 4.72. The van der Waals surface area contributed by atoms with E-state index in [1.807, 2.05) is 36.9 Å². The molecule has 0 atom stereocenters. The molecule has 0 unspecified atom stereocenters. The fourth-order valence-electron chi connectivity index (χ4n) is 1.79. The zero-order valence-electron chi connectivity index (χ0n) is 10.6. The van der Waals surface area contributed by atoms with Gasteiger partial charge in [0.2, 0.25) is 0 Å². The van der Waals surface area contributed by atoms with Crippen molar-refractivity contribution < 1.29 is 4.74 Å². The number of aromatic nitrogens is 1. The minimum Gasteiger partial charge on any atom is -0.493 e. The summed E-state index contributed by atoms with van der Waals surface area (Å²) in [5, 5.41) is 2.66. The quantitative estimate of drug-likeness (QED) is 0.581. The summed E-state index contributed by atoms with van der Waals surface area (Å²) in [5.41, 5.74) is 0. The van der Waals surface area contributed by atoms with E-state index in [1.165, 1.54) is 4.90 Å². The van der Waals surface area contributed by atoms with Crippen LogP contribution in [0.15, 0.2) is 29.3 Å². The van der Waals surface area contributed by atoms with Gasteiger partial charge in [-0.3, -0.25) is 0 Å². The predicted molar refractivity (Wildman–Crippen MR) is 78.9 cm³/mol. The van der Waals surface area contributed by atoms with Crippen LogP contribution in [0.3, 0.4) is 0 Å². The average Bonchev–Trinajstić information content (AvgIpc) is 2.38. The van der Waals surface area contributed by atoms with Crippen LogP contribution in [-0.2, 0) is 0 Å². The molecule has 0 radical (unpaired) electrons. The van der Waals surface area contributed by atoms with Crippen molar-refractivity contribution in [3.63, 3.8) is 0 Å². The molecule has 0 N–H and O–H groups in total. The molecule has 0 fully saturated rings. The third-order valence-corrected chi connectivity index (χ3v) is 4.18. The molecule has 4 heteroatoms. The van der Waals surface area contributed by atoms with Crippen molar-refractivity contribution in [3.05, 3.63) is 29.5 Å². The number of benzene rings is 1. The van der Waals surface area contributed by atoms with Crippen molar-refractivity contribution in [2.45, 2.75) is 25.2 Å². The standard InChI is InChI=1S/C14H16ClNOS/c1-3-9-18-13-10-7-8-16-14(15)11(10)5-6-12(13)17-4-2/h5-8H,3-4,9H2,1-2H3. The maximum atomic E-state index is 6.13. The van der Waals surface area contributed by atoms with Gasteiger partial charge in [0, 0.05) is 17.0 Å². The first-order valence-electron chi connectivity index (χ1n) is 6.10. The molecular weight excluding hydrogens is 266 g/mol. The highest BCUT2D eigenvalue weighted by molar-refractivity contribution is 7.99. The van der Waals surface area contributed by atoms with Crippen LogP contribution in [0, 0.1) is 0 Å². The van der Waals surface area contributed by atoms with Gasteiger partial charge in [-0.05, 0) is 37.3 Å². The van der Waals surface area contributed by atoms with Crippen LogP contribution >= 0.6 is 23.4 Å². The predicted octanol–water partition coefficient (Wildman–Crippen LogP) is 4.79. The van der Waals surface area contributed by atoms with Crippen LogP contribution in [0.2, 0.25) is 5.15 Å². The van der Waals surface area contributed by atoms with Crippen molar-refractivity contribution in [1.29, 1.82) is 0 Å². The van der Waals surface area contributed by atoms with Crippen LogP contribution in [0.25, 0.3) is 10.8 Å². The van der Waals surface area contributed by atoms with Gasteiger partial charge < -0.3 is 4.74 Å². The first-order valence-corrected chi connectivity index (χ1v) is 7.47. The molecule has 1 aromatic heterocycles. The first-order chi connectivity index (χ1) is 8.77. The highest BCUT2D eigenvalue weighted by atomic mass is 35.5. The number of ether oxygens (including phenoxy) is 1. The average molecular weight is 282 g/mol. The van der Waals surface area contributed by atoms with Gasteiger partial charge in [-0.1, -0.05) is 18.5 Å². The van der Waals surface area contributed by atoms with Crippen molar-refractivity contribution in [3.8, 4) is 5.75 Å². The maximum Gasteiger partial charge on any atom is 0.136 e. The summed E-state index contributed by atoms with van der Waals surface area (Å²) >= 11 is 7.95. The van der Waals surface area contributed by atoms with E-state index in [9.17, 15) is 0 Å². The topological polar surface area (TPSA) is 22.1 Å². The van der Waals surface area contributed by atoms with Gasteiger partial charge >= 0.3 is 0 Å². The number of halogens is 1. The summed E-state index contributed by atoms with van der Waals surface area (Å²) in [6.45, 7) is 4.84. The summed E-state index contributed by atoms with van der Waals surface area (Å²) in [5.74, 6) is 2.00. The number of hydrogen-bond acceptors (Lipinski definition) is 3. The first kappa shape index (κ1) is 13.5. The zero-order chi connectivity index (χ0) is 13.0. The molecule has 1 aromatic carbocycles. The molecule has 0 saturated heterocycles. The van der Waals surface area contributed by atoms with Crippen molar-refractivity contribution in [2.75, 3.05) is 12.4 Å². The lowest BCUT2D eigenvalue weighted by Gasteiger charge is -2.13. The second-order valence-electron chi connectivity index (χ2n) is 3.87. The van der Waals surface area contributed by atoms with E-state index in [1.54, 1.807) is 6.20 Å². The molecule has 0 aliphatic heterocycles. The Bertz CT molecular complexity index is 545. The fourth-order valence-corrected chi connectivity index (χ4v) is 3.03. The van der Waals surface area contributed by atoms with E-state index < -0.39 is 0 Å². The number of thioether (sulfide) groups is 1. The molecule has 0 aliphatic carbocycles. The van der Waals surface area contributed by atoms with Crippen molar-refractivity contribution in [2.24, 2.45) is 0 Å². The van der Waals surface area contributed by atoms with Gasteiger partial charge in [-0.2, -0.15) is 0 Å². The largest absolute Gasteiger partial charge is 0.493 e. The van der Waals surface area contributed by atoms with Crippen molar-refractivity contribution in [1.82, 2.24) is 4.98 Å². The number of rotatable bonds is 5. The van der Waals surface area contributed by atoms with Crippen LogP contribution < -0.4 is 4.74 Å². The lowest BCUT2D eigenvalue weighted by atomic mass is 10.1. The summed E-state index contributed by atoms with van der Waals surface area (Å²) in [4.78, 5) is 5.29. The second kappa shape index (κ2) is 6.30. The molecular formula is C14H16ClNOS. The summed E-state index contributed by atoms with van der Waals surface area (Å²) in [6.07, 6.45) is 2.88. The third-order valence-electron chi connectivity index (χ3n) is 2.56. The van der Waals surface area contributed by atoms with Crippen LogP contribution in [-0.4, -0.2) is 17.3 Å². The fraction of sp³-hybridized carbons (Fsp3) is 0.357. The van der Waals surface area contributed by atoms with E-state index in [4.69, 9.17) is 16.3 Å². The molecule has 0 bridgehead atoms. The molecule has 0 saturated carbocycles. The number of pyridine rings is 1. The summed E-state index contributed by atoms with van der Waals surface area (Å²) in [7, 11) is 0. The maximum absolute atomic E-state index is 6.13. The molecule has 2 nitrogen and oxygen atoms in total. The summed E-state index contributed by atoms with van der Waals surface area (Å²) < 4.78 is 5.70. The minimum absolute atomic E-state index is 0.550. The van der Waals surface area contributed by atoms with Crippen LogP contribution in [0.1, 0.15) is 20.3 Å². The van der Waals surface area contributed by atoms with Gasteiger partial charge in [0.05, 0.1) is 11.5 Å². The molecule has 96 valence electrons. The Morgan fingerprint density at radius 1 is 1.22 bits per heavy atom. The smallest absolute Gasteiger partial charge is 0.136 e. The Hall–Kier alpha value is -0.930. The van der Waals surface area contributed by atoms with Gasteiger partial charge in [-0.15, -0.1) is 11.8 Å². The van der Waals surface area contributed by atoms with Gasteiger partial charge in [0.25, 0.3) is 0 Å². The van der Waals surface area contributed by atoms with Gasteiger partial charge in [0.15, 0.2) is 0 Å². The normalized spacial score (nSPS) is 10.8. The zero-order valence-corrected chi connectivity index (χ0v) is 12.1. The van der Waals surface area contributed by atoms with Crippen LogP contribution in [0.4, 0.5) is 0 Å². The molecule has 2 rings (SSSR count). The van der Waals surface area contributed by atoms with Crippen LogP contribution in [0.5, 0.6) is 5.75 Å². The second-order valence-corrected chi connectivity index (χ2v) is 5.33. The van der Waals surface area contributed by atoms with E-state index in [2.05, 4.69) is 11.9 Å². The summed E-state index contributed by atoms with van der Waals surface area (Å²) in [6, 6.07) is 5.96. The molecule has 2 aromatic rings. The highest BCUT2D eigenvalue weighted by Crippen LogP contribution is 2.38. The minimum atomic E-state index is 0.550. The van der Waals surface area contributed by atoms with E-state index >= 15 is 0 Å². The van der Waals surface area contributed by atoms with Gasteiger partial charge in [0.1, 0.15) is 10.9 Å². The third kappa shape index (κ3) is 2.73. The molecule has 0 aliphatic rings. The Morgan fingerprint density at radius 3 is 2.78 bits per heavy atom. The number of hydrogen-bond donors (Lipinski definition) is 0. The molecule has 0 spiro atoms.